The normalized spacial score (nSPS) is 23.8. The SMILES string of the molecule is C=CCN1C(=O)[C@](CC)(CCC(C)C)C(=O)NC1=S. The third-order valence-electron chi connectivity index (χ3n) is 3.62. The lowest BCUT2D eigenvalue weighted by Crippen LogP contribution is -2.63. The van der Waals surface area contributed by atoms with Gasteiger partial charge in [-0.2, -0.15) is 0 Å². The zero-order chi connectivity index (χ0) is 14.6. The summed E-state index contributed by atoms with van der Waals surface area (Å²) < 4.78 is 0. The van der Waals surface area contributed by atoms with Crippen molar-refractivity contribution in [3.05, 3.63) is 12.7 Å². The predicted octanol–water partition coefficient (Wildman–Crippen LogP) is 2.25. The molecule has 0 aromatic heterocycles. The van der Waals surface area contributed by atoms with E-state index < -0.39 is 5.41 Å². The van der Waals surface area contributed by atoms with Gasteiger partial charge < -0.3 is 5.32 Å². The molecule has 1 atom stereocenters. The van der Waals surface area contributed by atoms with E-state index in [0.717, 1.165) is 6.42 Å². The Morgan fingerprint density at radius 1 is 1.47 bits per heavy atom. The minimum Gasteiger partial charge on any atom is -0.302 e. The number of nitrogens with one attached hydrogen (secondary N) is 1. The van der Waals surface area contributed by atoms with Crippen molar-refractivity contribution in [3.63, 3.8) is 0 Å². The van der Waals surface area contributed by atoms with Crippen LogP contribution in [0.4, 0.5) is 0 Å². The fourth-order valence-corrected chi connectivity index (χ4v) is 2.52. The Morgan fingerprint density at radius 2 is 2.11 bits per heavy atom. The number of amides is 2. The van der Waals surface area contributed by atoms with E-state index in [4.69, 9.17) is 12.2 Å². The maximum atomic E-state index is 12.6. The molecule has 4 nitrogen and oxygen atoms in total. The van der Waals surface area contributed by atoms with Crippen LogP contribution in [0, 0.1) is 11.3 Å². The molecule has 0 unspecified atom stereocenters. The molecule has 19 heavy (non-hydrogen) atoms. The van der Waals surface area contributed by atoms with Gasteiger partial charge in [0, 0.05) is 6.54 Å². The van der Waals surface area contributed by atoms with Crippen LogP contribution >= 0.6 is 12.2 Å². The van der Waals surface area contributed by atoms with Gasteiger partial charge in [-0.1, -0.05) is 26.8 Å². The van der Waals surface area contributed by atoms with Gasteiger partial charge in [0.25, 0.3) is 0 Å². The monoisotopic (exact) mass is 282 g/mol. The summed E-state index contributed by atoms with van der Waals surface area (Å²) in [5, 5.41) is 2.84. The first-order valence-corrected chi connectivity index (χ1v) is 7.08. The van der Waals surface area contributed by atoms with Crippen molar-refractivity contribution in [1.29, 1.82) is 0 Å². The first kappa shape index (κ1) is 15.8. The molecule has 1 aliphatic heterocycles. The van der Waals surface area contributed by atoms with Crippen LogP contribution in [0.1, 0.15) is 40.0 Å². The molecule has 5 heteroatoms. The van der Waals surface area contributed by atoms with E-state index in [1.165, 1.54) is 4.90 Å². The molecule has 0 saturated carbocycles. The Balaban J connectivity index is 3.05. The second kappa shape index (κ2) is 6.28. The second-order valence-corrected chi connectivity index (χ2v) is 5.72. The molecule has 106 valence electrons. The van der Waals surface area contributed by atoms with Crippen molar-refractivity contribution in [1.82, 2.24) is 10.2 Å². The van der Waals surface area contributed by atoms with Gasteiger partial charge in [0.2, 0.25) is 11.8 Å². The Labute approximate surface area is 120 Å². The third-order valence-corrected chi connectivity index (χ3v) is 3.94. The second-order valence-electron chi connectivity index (χ2n) is 5.33. The first-order valence-electron chi connectivity index (χ1n) is 6.67. The van der Waals surface area contributed by atoms with E-state index in [1.807, 2.05) is 6.92 Å². The summed E-state index contributed by atoms with van der Waals surface area (Å²) in [4.78, 5) is 26.3. The summed E-state index contributed by atoms with van der Waals surface area (Å²) in [5.74, 6) is 0.000944. The molecule has 1 N–H and O–H groups in total. The summed E-state index contributed by atoms with van der Waals surface area (Å²) in [6.07, 6.45) is 3.50. The van der Waals surface area contributed by atoms with Crippen LogP contribution in [0.25, 0.3) is 0 Å². The highest BCUT2D eigenvalue weighted by Crippen LogP contribution is 2.35. The Kier molecular flexibility index (Phi) is 5.23. The molecule has 1 aliphatic rings. The zero-order valence-corrected chi connectivity index (χ0v) is 12.7. The molecule has 0 aliphatic carbocycles. The van der Waals surface area contributed by atoms with Crippen LogP contribution in [-0.2, 0) is 9.59 Å². The van der Waals surface area contributed by atoms with E-state index in [9.17, 15) is 9.59 Å². The van der Waals surface area contributed by atoms with Crippen LogP contribution in [0.2, 0.25) is 0 Å². The van der Waals surface area contributed by atoms with Crippen LogP contribution in [0.15, 0.2) is 12.7 Å². The van der Waals surface area contributed by atoms with E-state index in [1.54, 1.807) is 6.08 Å². The third kappa shape index (κ3) is 3.03. The molecule has 1 fully saturated rings. The summed E-state index contributed by atoms with van der Waals surface area (Å²) in [7, 11) is 0. The highest BCUT2D eigenvalue weighted by Gasteiger charge is 2.50. The summed E-state index contributed by atoms with van der Waals surface area (Å²) in [6.45, 7) is 10.0. The largest absolute Gasteiger partial charge is 0.302 e. The van der Waals surface area contributed by atoms with E-state index >= 15 is 0 Å². The number of hydrogen-bond acceptors (Lipinski definition) is 3. The average molecular weight is 282 g/mol. The van der Waals surface area contributed by atoms with Gasteiger partial charge in [0.05, 0.1) is 0 Å². The standard InChI is InChI=1S/C14H22N2O2S/c1-5-9-16-12(18)14(6-2,8-7-10(3)4)11(17)15-13(16)19/h5,10H,1,6-9H2,2-4H3,(H,15,17,19)/t14-/m1/s1. The van der Waals surface area contributed by atoms with Gasteiger partial charge in [0.15, 0.2) is 5.11 Å². The highest BCUT2D eigenvalue weighted by atomic mass is 32.1. The molecule has 0 aromatic carbocycles. The molecule has 1 saturated heterocycles. The van der Waals surface area contributed by atoms with Crippen molar-refractivity contribution in [2.24, 2.45) is 11.3 Å². The molecule has 1 heterocycles. The predicted molar refractivity (Wildman–Crippen MR) is 79.4 cm³/mol. The quantitative estimate of drug-likeness (QED) is 0.462. The Morgan fingerprint density at radius 3 is 2.58 bits per heavy atom. The molecular weight excluding hydrogens is 260 g/mol. The van der Waals surface area contributed by atoms with Crippen LogP contribution < -0.4 is 5.32 Å². The minimum absolute atomic E-state index is 0.184. The smallest absolute Gasteiger partial charge is 0.244 e. The van der Waals surface area contributed by atoms with Gasteiger partial charge >= 0.3 is 0 Å². The van der Waals surface area contributed by atoms with Gasteiger partial charge in [-0.15, -0.1) is 6.58 Å². The lowest BCUT2D eigenvalue weighted by atomic mass is 9.76. The number of rotatable bonds is 6. The van der Waals surface area contributed by atoms with Crippen molar-refractivity contribution < 1.29 is 9.59 Å². The number of carbonyl (C=O) groups is 2. The molecule has 0 aromatic rings. The van der Waals surface area contributed by atoms with Crippen molar-refractivity contribution in [2.75, 3.05) is 6.54 Å². The summed E-state index contributed by atoms with van der Waals surface area (Å²) in [5.41, 5.74) is -0.977. The Bertz CT molecular complexity index is 406. The van der Waals surface area contributed by atoms with Gasteiger partial charge in [-0.3, -0.25) is 14.5 Å². The van der Waals surface area contributed by atoms with Gasteiger partial charge in [0.1, 0.15) is 5.41 Å². The molecule has 0 radical (unpaired) electrons. The van der Waals surface area contributed by atoms with E-state index in [0.29, 0.717) is 25.3 Å². The molecule has 0 spiro atoms. The van der Waals surface area contributed by atoms with Crippen LogP contribution in [0.5, 0.6) is 0 Å². The number of thiocarbonyl (C=S) groups is 1. The maximum absolute atomic E-state index is 12.6. The highest BCUT2D eigenvalue weighted by molar-refractivity contribution is 7.80. The van der Waals surface area contributed by atoms with Crippen LogP contribution in [0.3, 0.4) is 0 Å². The topological polar surface area (TPSA) is 49.4 Å². The number of nitrogens with zero attached hydrogens (tertiary/aromatic N) is 1. The summed E-state index contributed by atoms with van der Waals surface area (Å²) in [6, 6.07) is 0. The van der Waals surface area contributed by atoms with E-state index in [2.05, 4.69) is 25.7 Å². The maximum Gasteiger partial charge on any atom is 0.244 e. The Hall–Kier alpha value is -1.23. The van der Waals surface area contributed by atoms with Gasteiger partial charge in [-0.25, -0.2) is 0 Å². The lowest BCUT2D eigenvalue weighted by Gasteiger charge is -2.40. The lowest BCUT2D eigenvalue weighted by molar-refractivity contribution is -0.150. The zero-order valence-electron chi connectivity index (χ0n) is 11.9. The fourth-order valence-electron chi connectivity index (χ4n) is 2.27. The number of carbonyl (C=O) groups excluding carboxylic acids is 2. The van der Waals surface area contributed by atoms with Gasteiger partial charge in [-0.05, 0) is 37.4 Å². The van der Waals surface area contributed by atoms with E-state index in [-0.39, 0.29) is 16.9 Å². The molecule has 0 bridgehead atoms. The van der Waals surface area contributed by atoms with Crippen LogP contribution in [-0.4, -0.2) is 28.4 Å². The van der Waals surface area contributed by atoms with Crippen molar-refractivity contribution in [3.8, 4) is 0 Å². The fraction of sp³-hybridized carbons (Fsp3) is 0.643. The molecular formula is C14H22N2O2S. The molecule has 1 rings (SSSR count). The van der Waals surface area contributed by atoms with Crippen molar-refractivity contribution in [2.45, 2.75) is 40.0 Å². The average Bonchev–Trinajstić information content (AvgIpc) is 2.35. The minimum atomic E-state index is -0.977. The first-order chi connectivity index (χ1) is 8.89. The molecule has 2 amide bonds. The summed E-state index contributed by atoms with van der Waals surface area (Å²) >= 11 is 5.06. The van der Waals surface area contributed by atoms with Crippen molar-refractivity contribution >= 4 is 29.1 Å². The number of hydrogen-bond donors (Lipinski definition) is 1.